The zero-order valence-electron chi connectivity index (χ0n) is 14.5. The average Bonchev–Trinajstić information content (AvgIpc) is 3.17. The van der Waals surface area contributed by atoms with E-state index in [4.69, 9.17) is 27.6 Å². The number of hydrogen-bond acceptors (Lipinski definition) is 4. The largest absolute Gasteiger partial charge is 0.467 e. The van der Waals surface area contributed by atoms with Gasteiger partial charge in [-0.05, 0) is 37.1 Å². The van der Waals surface area contributed by atoms with Crippen LogP contribution in [0.25, 0.3) is 0 Å². The Hall–Kier alpha value is -1.54. The number of piperidine rings is 1. The van der Waals surface area contributed by atoms with Crippen LogP contribution in [0.3, 0.4) is 0 Å². The summed E-state index contributed by atoms with van der Waals surface area (Å²) in [5.74, 6) is -0.212. The number of amides is 1. The predicted octanol–water partition coefficient (Wildman–Crippen LogP) is 3.44. The van der Waals surface area contributed by atoms with Crippen molar-refractivity contribution in [1.29, 1.82) is 0 Å². The van der Waals surface area contributed by atoms with E-state index in [-0.39, 0.29) is 24.7 Å². The van der Waals surface area contributed by atoms with Crippen LogP contribution in [0.2, 0.25) is 10.0 Å². The minimum Gasteiger partial charge on any atom is -0.467 e. The average molecular weight is 431 g/mol. The van der Waals surface area contributed by atoms with Crippen molar-refractivity contribution in [2.45, 2.75) is 25.1 Å². The van der Waals surface area contributed by atoms with E-state index in [0.29, 0.717) is 40.8 Å². The number of carbonyl (C=O) groups is 1. The van der Waals surface area contributed by atoms with Gasteiger partial charge in [0.25, 0.3) is 0 Å². The maximum atomic E-state index is 12.8. The first-order chi connectivity index (χ1) is 12.9. The van der Waals surface area contributed by atoms with Crippen LogP contribution in [0.15, 0.2) is 41.0 Å². The van der Waals surface area contributed by atoms with E-state index in [1.165, 1.54) is 10.6 Å². The van der Waals surface area contributed by atoms with Crippen LogP contribution in [0.4, 0.5) is 0 Å². The Morgan fingerprint density at radius 1 is 1.22 bits per heavy atom. The molecule has 1 atom stereocenters. The number of benzene rings is 1. The molecule has 1 fully saturated rings. The molecule has 1 aromatic carbocycles. The highest BCUT2D eigenvalue weighted by Gasteiger charge is 2.33. The highest BCUT2D eigenvalue weighted by molar-refractivity contribution is 7.88. The van der Waals surface area contributed by atoms with E-state index < -0.39 is 15.9 Å². The SMILES string of the molecule is O=C(NCc1ccco1)C1CCCN(S(=O)(=O)Cc2c(Cl)cccc2Cl)C1. The Kier molecular flexibility index (Phi) is 6.47. The second-order valence-corrected chi connectivity index (χ2v) is 9.23. The van der Waals surface area contributed by atoms with Gasteiger partial charge in [-0.1, -0.05) is 29.3 Å². The van der Waals surface area contributed by atoms with Crippen LogP contribution in [-0.4, -0.2) is 31.7 Å². The highest BCUT2D eigenvalue weighted by atomic mass is 35.5. The molecule has 1 aliphatic heterocycles. The summed E-state index contributed by atoms with van der Waals surface area (Å²) in [7, 11) is -3.64. The minimum atomic E-state index is -3.64. The van der Waals surface area contributed by atoms with Crippen molar-refractivity contribution in [2.24, 2.45) is 5.92 Å². The van der Waals surface area contributed by atoms with Crippen LogP contribution >= 0.6 is 23.2 Å². The maximum absolute atomic E-state index is 12.8. The zero-order chi connectivity index (χ0) is 19.4. The number of hydrogen-bond donors (Lipinski definition) is 1. The van der Waals surface area contributed by atoms with Crippen molar-refractivity contribution in [3.05, 3.63) is 58.0 Å². The monoisotopic (exact) mass is 430 g/mol. The van der Waals surface area contributed by atoms with E-state index in [2.05, 4.69) is 5.32 Å². The Morgan fingerprint density at radius 3 is 2.63 bits per heavy atom. The molecule has 2 heterocycles. The van der Waals surface area contributed by atoms with E-state index in [9.17, 15) is 13.2 Å². The maximum Gasteiger partial charge on any atom is 0.224 e. The smallest absolute Gasteiger partial charge is 0.224 e. The number of nitrogens with one attached hydrogen (secondary N) is 1. The van der Waals surface area contributed by atoms with Crippen molar-refractivity contribution in [2.75, 3.05) is 13.1 Å². The lowest BCUT2D eigenvalue weighted by Gasteiger charge is -2.31. The number of rotatable bonds is 6. The van der Waals surface area contributed by atoms with Gasteiger partial charge in [-0.2, -0.15) is 0 Å². The normalized spacial score (nSPS) is 18.4. The molecule has 9 heteroatoms. The van der Waals surface area contributed by atoms with Gasteiger partial charge in [-0.25, -0.2) is 12.7 Å². The summed E-state index contributed by atoms with van der Waals surface area (Å²) < 4.78 is 32.2. The van der Waals surface area contributed by atoms with Crippen LogP contribution in [0, 0.1) is 5.92 Å². The van der Waals surface area contributed by atoms with E-state index >= 15 is 0 Å². The highest BCUT2D eigenvalue weighted by Crippen LogP contribution is 2.29. The first-order valence-corrected chi connectivity index (χ1v) is 10.9. The Bertz CT molecular complexity index is 880. The lowest BCUT2D eigenvalue weighted by molar-refractivity contribution is -0.126. The molecule has 0 spiro atoms. The molecule has 1 aliphatic rings. The fourth-order valence-corrected chi connectivity index (χ4v) is 5.45. The van der Waals surface area contributed by atoms with Gasteiger partial charge >= 0.3 is 0 Å². The van der Waals surface area contributed by atoms with E-state index in [1.54, 1.807) is 30.3 Å². The van der Waals surface area contributed by atoms with Crippen molar-refractivity contribution >= 4 is 39.1 Å². The standard InChI is InChI=1S/C18H20Cl2N2O4S/c19-16-6-1-7-17(20)15(16)12-27(24,25)22-8-2-4-13(11-22)18(23)21-10-14-5-3-9-26-14/h1,3,5-7,9,13H,2,4,8,10-12H2,(H,21,23). The number of nitrogens with zero attached hydrogens (tertiary/aromatic N) is 1. The summed E-state index contributed by atoms with van der Waals surface area (Å²) in [6, 6.07) is 8.40. The van der Waals surface area contributed by atoms with Gasteiger partial charge in [-0.15, -0.1) is 0 Å². The Balaban J connectivity index is 1.64. The summed E-state index contributed by atoms with van der Waals surface area (Å²) in [6.07, 6.45) is 2.80. The predicted molar refractivity (Wildman–Crippen MR) is 104 cm³/mol. The molecule has 0 aliphatic carbocycles. The first-order valence-electron chi connectivity index (χ1n) is 8.57. The van der Waals surface area contributed by atoms with Crippen LogP contribution < -0.4 is 5.32 Å². The Morgan fingerprint density at radius 2 is 1.96 bits per heavy atom. The molecule has 1 N–H and O–H groups in total. The fraction of sp³-hybridized carbons (Fsp3) is 0.389. The summed E-state index contributed by atoms with van der Waals surface area (Å²) in [4.78, 5) is 12.4. The van der Waals surface area contributed by atoms with Crippen LogP contribution in [0.1, 0.15) is 24.2 Å². The molecule has 1 unspecified atom stereocenters. The molecule has 2 aromatic rings. The minimum absolute atomic E-state index is 0.147. The zero-order valence-corrected chi connectivity index (χ0v) is 16.9. The number of halogens is 2. The van der Waals surface area contributed by atoms with Gasteiger partial charge in [0.05, 0.1) is 24.5 Å². The lowest BCUT2D eigenvalue weighted by Crippen LogP contribution is -2.45. The van der Waals surface area contributed by atoms with Crippen molar-refractivity contribution in [3.8, 4) is 0 Å². The quantitative estimate of drug-likeness (QED) is 0.760. The molecule has 1 saturated heterocycles. The van der Waals surface area contributed by atoms with Gasteiger partial charge in [0.15, 0.2) is 0 Å². The molecule has 146 valence electrons. The van der Waals surface area contributed by atoms with Crippen LogP contribution in [0.5, 0.6) is 0 Å². The van der Waals surface area contributed by atoms with Crippen molar-refractivity contribution < 1.29 is 17.6 Å². The number of sulfonamides is 1. The van der Waals surface area contributed by atoms with Crippen molar-refractivity contribution in [1.82, 2.24) is 9.62 Å². The third kappa shape index (κ3) is 5.04. The molecular formula is C18H20Cl2N2O4S. The third-order valence-corrected chi connectivity index (χ3v) is 7.03. The van der Waals surface area contributed by atoms with Crippen LogP contribution in [-0.2, 0) is 27.1 Å². The van der Waals surface area contributed by atoms with Gasteiger partial charge in [0, 0.05) is 28.7 Å². The van der Waals surface area contributed by atoms with E-state index in [0.717, 1.165) is 0 Å². The third-order valence-electron chi connectivity index (χ3n) is 4.55. The molecule has 0 saturated carbocycles. The molecule has 1 aromatic heterocycles. The van der Waals surface area contributed by atoms with Crippen molar-refractivity contribution in [3.63, 3.8) is 0 Å². The van der Waals surface area contributed by atoms with Gasteiger partial charge < -0.3 is 9.73 Å². The first kappa shape index (κ1) is 20.2. The lowest BCUT2D eigenvalue weighted by atomic mass is 9.99. The van der Waals surface area contributed by atoms with Gasteiger partial charge in [0.2, 0.25) is 15.9 Å². The molecule has 1 amide bonds. The molecule has 0 radical (unpaired) electrons. The Labute approximate surface area is 168 Å². The topological polar surface area (TPSA) is 79.6 Å². The molecular weight excluding hydrogens is 411 g/mol. The molecule has 0 bridgehead atoms. The molecule has 3 rings (SSSR count). The van der Waals surface area contributed by atoms with E-state index in [1.807, 2.05) is 0 Å². The summed E-state index contributed by atoms with van der Waals surface area (Å²) in [6.45, 7) is 0.811. The molecule has 27 heavy (non-hydrogen) atoms. The second kappa shape index (κ2) is 8.65. The van der Waals surface area contributed by atoms with Gasteiger partial charge in [-0.3, -0.25) is 4.79 Å². The number of carbonyl (C=O) groups excluding carboxylic acids is 1. The fourth-order valence-electron chi connectivity index (χ4n) is 3.08. The molecule has 6 nitrogen and oxygen atoms in total. The summed E-state index contributed by atoms with van der Waals surface area (Å²) >= 11 is 12.2. The summed E-state index contributed by atoms with van der Waals surface area (Å²) in [5, 5.41) is 3.43. The second-order valence-electron chi connectivity index (χ2n) is 6.45. The van der Waals surface area contributed by atoms with Gasteiger partial charge in [0.1, 0.15) is 5.76 Å². The number of furan rings is 1. The summed E-state index contributed by atoms with van der Waals surface area (Å²) in [5.41, 5.74) is 0.380.